The Bertz CT molecular complexity index is 1150. The van der Waals surface area contributed by atoms with Crippen molar-refractivity contribution in [1.29, 1.82) is 0 Å². The molecule has 0 bridgehead atoms. The molecule has 3 amide bonds. The number of halogens is 1. The number of ether oxygens (including phenoxy) is 1. The van der Waals surface area contributed by atoms with E-state index in [2.05, 4.69) is 20.9 Å². The molecule has 0 atom stereocenters. The summed E-state index contributed by atoms with van der Waals surface area (Å²) < 4.78 is 7.16. The van der Waals surface area contributed by atoms with E-state index in [-0.39, 0.29) is 29.9 Å². The van der Waals surface area contributed by atoms with Crippen LogP contribution in [0, 0.1) is 0 Å². The predicted octanol–water partition coefficient (Wildman–Crippen LogP) is 3.15. The van der Waals surface area contributed by atoms with Crippen LogP contribution in [0.3, 0.4) is 0 Å². The topological polar surface area (TPSA) is 114 Å². The van der Waals surface area contributed by atoms with Crippen LogP contribution in [0.5, 0.6) is 5.75 Å². The van der Waals surface area contributed by atoms with Crippen molar-refractivity contribution in [2.24, 2.45) is 0 Å². The number of amides is 3. The van der Waals surface area contributed by atoms with Gasteiger partial charge in [-0.1, -0.05) is 17.7 Å². The Balaban J connectivity index is 1.41. The summed E-state index contributed by atoms with van der Waals surface area (Å²) in [5.74, 6) is -0.443. The van der Waals surface area contributed by atoms with E-state index in [1.54, 1.807) is 53.6 Å². The molecular weight excluding hydrogens is 422 g/mol. The summed E-state index contributed by atoms with van der Waals surface area (Å²) >= 11 is 6.23. The van der Waals surface area contributed by atoms with Crippen LogP contribution in [-0.4, -0.2) is 33.9 Å². The fourth-order valence-corrected chi connectivity index (χ4v) is 3.21. The molecule has 0 aliphatic carbocycles. The molecule has 4 rings (SSSR count). The molecule has 1 aliphatic rings. The van der Waals surface area contributed by atoms with Crippen molar-refractivity contribution in [3.63, 3.8) is 0 Å². The molecule has 1 aromatic heterocycles. The Hall–Kier alpha value is -3.85. The van der Waals surface area contributed by atoms with Crippen LogP contribution in [0.1, 0.15) is 16.8 Å². The van der Waals surface area contributed by atoms with Crippen molar-refractivity contribution in [3.05, 3.63) is 65.7 Å². The molecule has 31 heavy (non-hydrogen) atoms. The number of carbonyl (C=O) groups is 3. The summed E-state index contributed by atoms with van der Waals surface area (Å²) in [5, 5.41) is 8.41. The van der Waals surface area contributed by atoms with Crippen molar-refractivity contribution < 1.29 is 19.1 Å². The van der Waals surface area contributed by atoms with Crippen LogP contribution in [-0.2, 0) is 16.1 Å². The number of aromatic nitrogens is 2. The van der Waals surface area contributed by atoms with Gasteiger partial charge in [0.15, 0.2) is 6.61 Å². The van der Waals surface area contributed by atoms with E-state index in [9.17, 15) is 14.4 Å². The Labute approximate surface area is 182 Å². The van der Waals surface area contributed by atoms with Crippen LogP contribution < -0.4 is 20.7 Å². The fourth-order valence-electron chi connectivity index (χ4n) is 3.00. The number of anilines is 3. The van der Waals surface area contributed by atoms with Gasteiger partial charge < -0.3 is 25.3 Å². The average Bonchev–Trinajstić information content (AvgIpc) is 3.27. The standard InChI is InChI=1S/C21H18ClN5O4/c22-15-9-17-18(31-11-20(29)25-17)10-16(15)26-21(30)13-2-1-3-14(8-13)24-19(28)4-6-27-7-5-23-12-27/h1-3,5,7-10,12H,4,6,11H2,(H,24,28)(H,25,29)(H,26,30). The lowest BCUT2D eigenvalue weighted by Gasteiger charge is -2.19. The monoisotopic (exact) mass is 439 g/mol. The predicted molar refractivity (Wildman–Crippen MR) is 115 cm³/mol. The molecule has 0 unspecified atom stereocenters. The lowest BCUT2D eigenvalue weighted by atomic mass is 10.1. The molecule has 158 valence electrons. The molecule has 0 spiro atoms. The zero-order valence-electron chi connectivity index (χ0n) is 16.2. The Morgan fingerprint density at radius 1 is 1.23 bits per heavy atom. The molecule has 2 heterocycles. The summed E-state index contributed by atoms with van der Waals surface area (Å²) in [6.07, 6.45) is 5.34. The molecule has 0 saturated heterocycles. The Morgan fingerprint density at radius 3 is 2.90 bits per heavy atom. The minimum absolute atomic E-state index is 0.107. The third kappa shape index (κ3) is 5.01. The van der Waals surface area contributed by atoms with Crippen LogP contribution in [0.2, 0.25) is 5.02 Å². The lowest BCUT2D eigenvalue weighted by molar-refractivity contribution is -0.118. The van der Waals surface area contributed by atoms with Crippen molar-refractivity contribution in [2.75, 3.05) is 22.6 Å². The number of nitrogens with one attached hydrogen (secondary N) is 3. The minimum Gasteiger partial charge on any atom is -0.482 e. The summed E-state index contributed by atoms with van der Waals surface area (Å²) in [5.41, 5.74) is 1.64. The molecule has 0 radical (unpaired) electrons. The molecule has 3 N–H and O–H groups in total. The normalized spacial score (nSPS) is 12.4. The molecule has 10 heteroatoms. The second kappa shape index (κ2) is 8.88. The van der Waals surface area contributed by atoms with Gasteiger partial charge in [0.05, 0.1) is 22.7 Å². The highest BCUT2D eigenvalue weighted by molar-refractivity contribution is 6.34. The van der Waals surface area contributed by atoms with Gasteiger partial charge in [0.25, 0.3) is 11.8 Å². The first-order valence-corrected chi connectivity index (χ1v) is 9.79. The fraction of sp³-hybridized carbons (Fsp3) is 0.143. The first-order chi connectivity index (χ1) is 15.0. The summed E-state index contributed by atoms with van der Waals surface area (Å²) in [7, 11) is 0. The number of hydrogen-bond acceptors (Lipinski definition) is 5. The van der Waals surface area contributed by atoms with Gasteiger partial charge in [0.1, 0.15) is 5.75 Å². The van der Waals surface area contributed by atoms with Crippen LogP contribution in [0.4, 0.5) is 17.1 Å². The van der Waals surface area contributed by atoms with Gasteiger partial charge in [-0.3, -0.25) is 14.4 Å². The number of hydrogen-bond donors (Lipinski definition) is 3. The number of carbonyl (C=O) groups excluding carboxylic acids is 3. The molecule has 0 fully saturated rings. The van der Waals surface area contributed by atoms with E-state index in [0.29, 0.717) is 34.9 Å². The average molecular weight is 440 g/mol. The van der Waals surface area contributed by atoms with Crippen molar-refractivity contribution in [2.45, 2.75) is 13.0 Å². The van der Waals surface area contributed by atoms with Gasteiger partial charge in [0.2, 0.25) is 5.91 Å². The quantitative estimate of drug-likeness (QED) is 0.546. The van der Waals surface area contributed by atoms with Gasteiger partial charge in [-0.15, -0.1) is 0 Å². The third-order valence-electron chi connectivity index (χ3n) is 4.52. The number of rotatable bonds is 6. The molecule has 0 saturated carbocycles. The van der Waals surface area contributed by atoms with Gasteiger partial charge >= 0.3 is 0 Å². The Morgan fingerprint density at radius 2 is 2.10 bits per heavy atom. The maximum absolute atomic E-state index is 12.7. The van der Waals surface area contributed by atoms with Crippen molar-refractivity contribution >= 4 is 46.4 Å². The number of aryl methyl sites for hydroxylation is 1. The number of nitrogens with zero attached hydrogens (tertiary/aromatic N) is 2. The van der Waals surface area contributed by atoms with Crippen molar-refractivity contribution in [3.8, 4) is 5.75 Å². The molecule has 2 aromatic carbocycles. The molecule has 3 aromatic rings. The van der Waals surface area contributed by atoms with Crippen molar-refractivity contribution in [1.82, 2.24) is 9.55 Å². The maximum atomic E-state index is 12.7. The third-order valence-corrected chi connectivity index (χ3v) is 4.83. The van der Waals surface area contributed by atoms with Gasteiger partial charge in [-0.25, -0.2) is 4.98 Å². The van der Waals surface area contributed by atoms with Crippen LogP contribution in [0.15, 0.2) is 55.1 Å². The van der Waals surface area contributed by atoms with Crippen LogP contribution in [0.25, 0.3) is 0 Å². The number of imidazole rings is 1. The highest BCUT2D eigenvalue weighted by atomic mass is 35.5. The number of benzene rings is 2. The zero-order chi connectivity index (χ0) is 21.8. The van der Waals surface area contributed by atoms with Gasteiger partial charge in [-0.2, -0.15) is 0 Å². The zero-order valence-corrected chi connectivity index (χ0v) is 17.0. The first-order valence-electron chi connectivity index (χ1n) is 9.41. The first kappa shape index (κ1) is 20.4. The maximum Gasteiger partial charge on any atom is 0.262 e. The van der Waals surface area contributed by atoms with E-state index in [4.69, 9.17) is 16.3 Å². The SMILES string of the molecule is O=C(CCn1ccnc1)Nc1cccc(C(=O)Nc2cc3c(cc2Cl)NC(=O)CO3)c1. The van der Waals surface area contributed by atoms with Gasteiger partial charge in [0, 0.05) is 42.7 Å². The highest BCUT2D eigenvalue weighted by Crippen LogP contribution is 2.36. The lowest BCUT2D eigenvalue weighted by Crippen LogP contribution is -2.25. The highest BCUT2D eigenvalue weighted by Gasteiger charge is 2.19. The van der Waals surface area contributed by atoms with E-state index >= 15 is 0 Å². The van der Waals surface area contributed by atoms with E-state index in [1.807, 2.05) is 0 Å². The smallest absolute Gasteiger partial charge is 0.262 e. The molecule has 1 aliphatic heterocycles. The van der Waals surface area contributed by atoms with Gasteiger partial charge in [-0.05, 0) is 24.3 Å². The second-order valence-electron chi connectivity index (χ2n) is 6.80. The van der Waals surface area contributed by atoms with E-state index < -0.39 is 5.91 Å². The number of fused-ring (bicyclic) bond motifs is 1. The van der Waals surface area contributed by atoms with E-state index in [1.165, 1.54) is 6.07 Å². The largest absolute Gasteiger partial charge is 0.482 e. The Kier molecular flexibility index (Phi) is 5.85. The molecule has 9 nitrogen and oxygen atoms in total. The summed E-state index contributed by atoms with van der Waals surface area (Å²) in [4.78, 5) is 40.2. The minimum atomic E-state index is -0.406. The van der Waals surface area contributed by atoms with E-state index in [0.717, 1.165) is 0 Å². The van der Waals surface area contributed by atoms with Crippen LogP contribution >= 0.6 is 11.6 Å². The summed E-state index contributed by atoms with van der Waals surface area (Å²) in [6, 6.07) is 9.64. The summed E-state index contributed by atoms with van der Waals surface area (Å²) in [6.45, 7) is 0.399. The second-order valence-corrected chi connectivity index (χ2v) is 7.21. The molecular formula is C21H18ClN5O4.